The van der Waals surface area contributed by atoms with Gasteiger partial charge >= 0.3 is 0 Å². The van der Waals surface area contributed by atoms with Gasteiger partial charge in [-0.2, -0.15) is 0 Å². The van der Waals surface area contributed by atoms with Gasteiger partial charge in [-0.05, 0) is 32.9 Å². The highest BCUT2D eigenvalue weighted by molar-refractivity contribution is 9.10. The number of halogens is 2. The van der Waals surface area contributed by atoms with E-state index in [4.69, 9.17) is 0 Å². The molecular formula is C13H20BrFN2. The molecule has 17 heavy (non-hydrogen) atoms. The highest BCUT2D eigenvalue weighted by Crippen LogP contribution is 2.14. The van der Waals surface area contributed by atoms with Crippen molar-refractivity contribution >= 4 is 15.9 Å². The van der Waals surface area contributed by atoms with E-state index in [1.165, 1.54) is 6.07 Å². The molecule has 4 heteroatoms. The molecule has 0 aromatic heterocycles. The molecule has 0 atom stereocenters. The van der Waals surface area contributed by atoms with Crippen LogP contribution in [0, 0.1) is 5.82 Å². The Hall–Kier alpha value is -0.450. The zero-order valence-corrected chi connectivity index (χ0v) is 12.2. The monoisotopic (exact) mass is 302 g/mol. The predicted octanol–water partition coefficient (Wildman–Crippen LogP) is 3.07. The molecule has 0 saturated heterocycles. The van der Waals surface area contributed by atoms with Crippen LogP contribution in [0.4, 0.5) is 4.39 Å². The average molecular weight is 303 g/mol. The second-order valence-electron chi connectivity index (χ2n) is 5.09. The minimum atomic E-state index is -0.171. The van der Waals surface area contributed by atoms with Crippen molar-refractivity contribution in [1.82, 2.24) is 10.6 Å². The Balaban J connectivity index is 2.27. The van der Waals surface area contributed by atoms with Crippen LogP contribution in [-0.2, 0) is 6.54 Å². The van der Waals surface area contributed by atoms with E-state index in [-0.39, 0.29) is 11.4 Å². The van der Waals surface area contributed by atoms with Gasteiger partial charge in [0.1, 0.15) is 5.82 Å². The van der Waals surface area contributed by atoms with E-state index in [1.54, 1.807) is 6.07 Å². The standard InChI is InChI=1S/C13H20BrFN2/c1-13(2,3)17-7-6-16-9-10-4-5-11(14)8-12(10)15/h4-5,8,16-17H,6-7,9H2,1-3H3. The number of nitrogens with one attached hydrogen (secondary N) is 2. The Labute approximate surface area is 111 Å². The maximum atomic E-state index is 13.5. The van der Waals surface area contributed by atoms with Crippen LogP contribution in [0.25, 0.3) is 0 Å². The van der Waals surface area contributed by atoms with Gasteiger partial charge in [0, 0.05) is 35.2 Å². The molecule has 0 aliphatic rings. The lowest BCUT2D eigenvalue weighted by atomic mass is 10.1. The topological polar surface area (TPSA) is 24.1 Å². The van der Waals surface area contributed by atoms with Gasteiger partial charge in [0.2, 0.25) is 0 Å². The first-order valence-electron chi connectivity index (χ1n) is 5.78. The molecule has 0 radical (unpaired) electrons. The minimum absolute atomic E-state index is 0.130. The Kier molecular flexibility index (Phi) is 5.56. The summed E-state index contributed by atoms with van der Waals surface area (Å²) in [5.74, 6) is -0.171. The molecule has 0 unspecified atom stereocenters. The third-order valence-electron chi connectivity index (χ3n) is 2.29. The van der Waals surface area contributed by atoms with Crippen molar-refractivity contribution < 1.29 is 4.39 Å². The van der Waals surface area contributed by atoms with Crippen LogP contribution in [0.15, 0.2) is 22.7 Å². The van der Waals surface area contributed by atoms with Crippen molar-refractivity contribution in [3.8, 4) is 0 Å². The third kappa shape index (κ3) is 6.15. The molecule has 0 amide bonds. The Morgan fingerprint density at radius 2 is 1.94 bits per heavy atom. The molecule has 1 aromatic carbocycles. The van der Waals surface area contributed by atoms with E-state index in [0.29, 0.717) is 12.1 Å². The molecule has 96 valence electrons. The van der Waals surface area contributed by atoms with Crippen molar-refractivity contribution in [1.29, 1.82) is 0 Å². The molecule has 0 saturated carbocycles. The van der Waals surface area contributed by atoms with Gasteiger partial charge in [0.15, 0.2) is 0 Å². The Morgan fingerprint density at radius 3 is 2.53 bits per heavy atom. The molecule has 0 aliphatic heterocycles. The summed E-state index contributed by atoms with van der Waals surface area (Å²) in [6.45, 7) is 8.64. The molecule has 0 heterocycles. The Bertz CT molecular complexity index is 361. The lowest BCUT2D eigenvalue weighted by molar-refractivity contribution is 0.421. The number of rotatable bonds is 5. The number of hydrogen-bond donors (Lipinski definition) is 2. The average Bonchev–Trinajstić information content (AvgIpc) is 2.18. The first kappa shape index (κ1) is 14.6. The summed E-state index contributed by atoms with van der Waals surface area (Å²) in [6, 6.07) is 5.14. The fraction of sp³-hybridized carbons (Fsp3) is 0.538. The SMILES string of the molecule is CC(C)(C)NCCNCc1ccc(Br)cc1F. The molecular weight excluding hydrogens is 283 g/mol. The van der Waals surface area contributed by atoms with Crippen LogP contribution in [0.3, 0.4) is 0 Å². The first-order valence-corrected chi connectivity index (χ1v) is 6.57. The fourth-order valence-corrected chi connectivity index (χ4v) is 1.75. The normalized spacial score (nSPS) is 11.8. The van der Waals surface area contributed by atoms with Crippen LogP contribution in [0.2, 0.25) is 0 Å². The lowest BCUT2D eigenvalue weighted by Gasteiger charge is -2.20. The molecule has 1 rings (SSSR count). The van der Waals surface area contributed by atoms with Gasteiger partial charge in [0.05, 0.1) is 0 Å². The van der Waals surface area contributed by atoms with Crippen molar-refractivity contribution in [2.24, 2.45) is 0 Å². The molecule has 0 fully saturated rings. The number of hydrogen-bond acceptors (Lipinski definition) is 2. The Morgan fingerprint density at radius 1 is 1.24 bits per heavy atom. The van der Waals surface area contributed by atoms with Crippen LogP contribution in [0.1, 0.15) is 26.3 Å². The van der Waals surface area contributed by atoms with E-state index < -0.39 is 0 Å². The molecule has 2 nitrogen and oxygen atoms in total. The van der Waals surface area contributed by atoms with Crippen molar-refractivity contribution in [2.45, 2.75) is 32.9 Å². The highest BCUT2D eigenvalue weighted by Gasteiger charge is 2.07. The van der Waals surface area contributed by atoms with Gasteiger partial charge in [-0.3, -0.25) is 0 Å². The second-order valence-corrected chi connectivity index (χ2v) is 6.00. The summed E-state index contributed by atoms with van der Waals surface area (Å²) in [5.41, 5.74) is 0.828. The molecule has 0 spiro atoms. The van der Waals surface area contributed by atoms with Crippen molar-refractivity contribution in [3.63, 3.8) is 0 Å². The first-order chi connectivity index (χ1) is 7.88. The second kappa shape index (κ2) is 6.47. The largest absolute Gasteiger partial charge is 0.311 e. The maximum Gasteiger partial charge on any atom is 0.128 e. The third-order valence-corrected chi connectivity index (χ3v) is 2.78. The van der Waals surface area contributed by atoms with E-state index in [2.05, 4.69) is 47.3 Å². The molecule has 1 aromatic rings. The summed E-state index contributed by atoms with van der Waals surface area (Å²) in [4.78, 5) is 0. The van der Waals surface area contributed by atoms with E-state index in [1.807, 2.05) is 6.07 Å². The maximum absolute atomic E-state index is 13.5. The van der Waals surface area contributed by atoms with Gasteiger partial charge in [-0.25, -0.2) is 4.39 Å². The molecule has 0 aliphatic carbocycles. The van der Waals surface area contributed by atoms with Gasteiger partial charge in [0.25, 0.3) is 0 Å². The van der Waals surface area contributed by atoms with E-state index in [9.17, 15) is 4.39 Å². The summed E-state index contributed by atoms with van der Waals surface area (Å²) < 4.78 is 14.2. The van der Waals surface area contributed by atoms with Crippen LogP contribution in [0.5, 0.6) is 0 Å². The van der Waals surface area contributed by atoms with Gasteiger partial charge < -0.3 is 10.6 Å². The van der Waals surface area contributed by atoms with Gasteiger partial charge in [-0.1, -0.05) is 22.0 Å². The summed E-state index contributed by atoms with van der Waals surface area (Å²) in [6.07, 6.45) is 0. The minimum Gasteiger partial charge on any atom is -0.311 e. The summed E-state index contributed by atoms with van der Waals surface area (Å²) >= 11 is 3.24. The summed E-state index contributed by atoms with van der Waals surface area (Å²) in [7, 11) is 0. The quantitative estimate of drug-likeness (QED) is 0.817. The fourth-order valence-electron chi connectivity index (χ4n) is 1.41. The van der Waals surface area contributed by atoms with Crippen LogP contribution in [-0.4, -0.2) is 18.6 Å². The zero-order chi connectivity index (χ0) is 12.9. The van der Waals surface area contributed by atoms with Crippen molar-refractivity contribution in [3.05, 3.63) is 34.1 Å². The molecule has 2 N–H and O–H groups in total. The van der Waals surface area contributed by atoms with Crippen molar-refractivity contribution in [2.75, 3.05) is 13.1 Å². The number of benzene rings is 1. The highest BCUT2D eigenvalue weighted by atomic mass is 79.9. The zero-order valence-electron chi connectivity index (χ0n) is 10.6. The molecule has 0 bridgehead atoms. The lowest BCUT2D eigenvalue weighted by Crippen LogP contribution is -2.40. The van der Waals surface area contributed by atoms with Gasteiger partial charge in [-0.15, -0.1) is 0 Å². The van der Waals surface area contributed by atoms with E-state index in [0.717, 1.165) is 17.6 Å². The predicted molar refractivity (Wildman–Crippen MR) is 73.6 cm³/mol. The van der Waals surface area contributed by atoms with Crippen LogP contribution >= 0.6 is 15.9 Å². The summed E-state index contributed by atoms with van der Waals surface area (Å²) in [5, 5.41) is 6.58. The van der Waals surface area contributed by atoms with E-state index >= 15 is 0 Å². The van der Waals surface area contributed by atoms with Crippen LogP contribution < -0.4 is 10.6 Å². The smallest absolute Gasteiger partial charge is 0.128 e.